The first-order chi connectivity index (χ1) is 12.5. The number of nitrogens with one attached hydrogen (secondary N) is 2. The van der Waals surface area contributed by atoms with E-state index in [-0.39, 0.29) is 16.5 Å². The van der Waals surface area contributed by atoms with Gasteiger partial charge in [-0.15, -0.1) is 23.5 Å². The third-order valence-corrected chi connectivity index (χ3v) is 6.43. The Balaban J connectivity index is 1.71. The number of carboxylic acid groups (broad SMARTS) is 1. The molecule has 3 aliphatic heterocycles. The molecule has 3 aliphatic rings. The average Bonchev–Trinajstić information content (AvgIpc) is 2.64. The highest BCUT2D eigenvalue weighted by molar-refractivity contribution is 8.02. The van der Waals surface area contributed by atoms with Crippen molar-refractivity contribution in [3.63, 3.8) is 0 Å². The summed E-state index contributed by atoms with van der Waals surface area (Å²) in [6.07, 6.45) is 0. The molecule has 3 rings (SSSR count). The van der Waals surface area contributed by atoms with Crippen LogP contribution in [0.2, 0.25) is 0 Å². The monoisotopic (exact) mass is 421 g/mol. The first-order valence-electron chi connectivity index (χ1n) is 7.55. The summed E-state index contributed by atoms with van der Waals surface area (Å²) in [7, 11) is 1.37. The molecule has 0 aromatic rings. The van der Waals surface area contributed by atoms with Crippen molar-refractivity contribution in [2.24, 2.45) is 0 Å². The van der Waals surface area contributed by atoms with E-state index >= 15 is 0 Å². The molecule has 0 aromatic heterocycles. The fourth-order valence-electron chi connectivity index (χ4n) is 2.71. The van der Waals surface area contributed by atoms with Gasteiger partial charge in [-0.1, -0.05) is 11.6 Å². The predicted molar refractivity (Wildman–Crippen MR) is 96.0 cm³/mol. The number of thioether (sulfide) groups is 2. The van der Waals surface area contributed by atoms with E-state index in [9.17, 15) is 19.5 Å². The SMILES string of the molecule is CONC(C(=O)NC1C(=O)N2C(C(=O)O)=C(Cl)CS[C@@H]12)C1=CSCCO1. The van der Waals surface area contributed by atoms with Crippen LogP contribution < -0.4 is 10.8 Å². The highest BCUT2D eigenvalue weighted by Crippen LogP contribution is 2.41. The number of fused-ring (bicyclic) bond motifs is 1. The maximum Gasteiger partial charge on any atom is 0.353 e. The van der Waals surface area contributed by atoms with Gasteiger partial charge >= 0.3 is 5.97 Å². The van der Waals surface area contributed by atoms with Gasteiger partial charge in [0.1, 0.15) is 22.9 Å². The summed E-state index contributed by atoms with van der Waals surface area (Å²) in [4.78, 5) is 42.3. The Kier molecular flexibility index (Phi) is 6.03. The number of hydrogen-bond acceptors (Lipinski definition) is 8. The molecule has 3 heterocycles. The number of halogens is 1. The van der Waals surface area contributed by atoms with Gasteiger partial charge in [-0.05, 0) is 0 Å². The lowest BCUT2D eigenvalue weighted by molar-refractivity contribution is -0.151. The van der Waals surface area contributed by atoms with Crippen LogP contribution >= 0.6 is 35.1 Å². The Morgan fingerprint density at radius 3 is 2.92 bits per heavy atom. The van der Waals surface area contributed by atoms with E-state index in [2.05, 4.69) is 10.8 Å². The molecule has 3 atom stereocenters. The number of aliphatic carboxylic acids is 1. The summed E-state index contributed by atoms with van der Waals surface area (Å²) in [5, 5.41) is 13.2. The van der Waals surface area contributed by atoms with Gasteiger partial charge in [-0.3, -0.25) is 14.5 Å². The minimum atomic E-state index is -1.27. The normalized spacial score (nSPS) is 26.3. The van der Waals surface area contributed by atoms with E-state index < -0.39 is 35.2 Å². The molecule has 1 saturated heterocycles. The van der Waals surface area contributed by atoms with Gasteiger partial charge in [0.15, 0.2) is 6.04 Å². The minimum Gasteiger partial charge on any atom is -0.494 e. The zero-order valence-electron chi connectivity index (χ0n) is 13.6. The van der Waals surface area contributed by atoms with E-state index in [1.807, 2.05) is 0 Å². The summed E-state index contributed by atoms with van der Waals surface area (Å²) in [6, 6.07) is -1.76. The van der Waals surface area contributed by atoms with Crippen LogP contribution in [0.1, 0.15) is 0 Å². The number of ether oxygens (including phenoxy) is 1. The third kappa shape index (κ3) is 3.54. The number of carboxylic acids is 1. The molecule has 142 valence electrons. The summed E-state index contributed by atoms with van der Waals surface area (Å²) in [5.41, 5.74) is 2.32. The van der Waals surface area contributed by atoms with Gasteiger partial charge in [-0.2, -0.15) is 5.48 Å². The van der Waals surface area contributed by atoms with Gasteiger partial charge in [0.05, 0.1) is 18.7 Å². The highest BCUT2D eigenvalue weighted by atomic mass is 35.5. The number of carbonyl (C=O) groups is 3. The molecule has 0 spiro atoms. The second-order valence-corrected chi connectivity index (χ2v) is 7.99. The van der Waals surface area contributed by atoms with Crippen molar-refractivity contribution >= 4 is 52.9 Å². The van der Waals surface area contributed by atoms with Crippen LogP contribution in [0.4, 0.5) is 0 Å². The number of hydrogen-bond donors (Lipinski definition) is 3. The Labute approximate surface area is 162 Å². The number of β-lactam (4-membered cyclic amide) rings is 1. The van der Waals surface area contributed by atoms with Gasteiger partial charge in [0, 0.05) is 16.9 Å². The van der Waals surface area contributed by atoms with Crippen LogP contribution in [-0.2, 0) is 24.0 Å². The molecule has 3 N–H and O–H groups in total. The third-order valence-electron chi connectivity index (χ3n) is 3.87. The maximum atomic E-state index is 12.6. The van der Waals surface area contributed by atoms with Crippen LogP contribution in [0.15, 0.2) is 21.9 Å². The van der Waals surface area contributed by atoms with Crippen LogP contribution in [-0.4, -0.2) is 70.5 Å². The van der Waals surface area contributed by atoms with Gasteiger partial charge in [0.2, 0.25) is 5.91 Å². The van der Waals surface area contributed by atoms with E-state index in [1.165, 1.54) is 30.6 Å². The molecule has 2 unspecified atom stereocenters. The zero-order valence-corrected chi connectivity index (χ0v) is 15.9. The second-order valence-electron chi connectivity index (χ2n) is 5.45. The molecular weight excluding hydrogens is 406 g/mol. The molecule has 2 amide bonds. The van der Waals surface area contributed by atoms with Crippen LogP contribution in [0.3, 0.4) is 0 Å². The summed E-state index contributed by atoms with van der Waals surface area (Å²) < 4.78 is 5.48. The summed E-state index contributed by atoms with van der Waals surface area (Å²) in [6.45, 7) is 0.464. The molecule has 0 aromatic carbocycles. The lowest BCUT2D eigenvalue weighted by Gasteiger charge is -2.49. The van der Waals surface area contributed by atoms with Crippen molar-refractivity contribution in [2.45, 2.75) is 17.5 Å². The lowest BCUT2D eigenvalue weighted by Crippen LogP contribution is -2.71. The standard InChI is InChI=1S/C14H16ClN3O6S2/c1-23-17-8(7-5-25-3-2-24-7)11(19)16-9-12(20)18-10(14(21)22)6(15)4-26-13(9)18/h5,8-9,13,17H,2-4H2,1H3,(H,16,19)(H,21,22)/t8?,9?,13-/m0/s1. The molecule has 0 radical (unpaired) electrons. The summed E-state index contributed by atoms with van der Waals surface area (Å²) in [5.74, 6) is -0.851. The smallest absolute Gasteiger partial charge is 0.353 e. The van der Waals surface area contributed by atoms with E-state index in [1.54, 1.807) is 5.41 Å². The van der Waals surface area contributed by atoms with Crippen molar-refractivity contribution in [3.05, 3.63) is 21.9 Å². The Morgan fingerprint density at radius 1 is 1.54 bits per heavy atom. The Hall–Kier alpha value is -1.40. The van der Waals surface area contributed by atoms with Crippen LogP contribution in [0.25, 0.3) is 0 Å². The highest BCUT2D eigenvalue weighted by Gasteiger charge is 2.54. The number of amides is 2. The molecule has 0 aliphatic carbocycles. The molecular formula is C14H16ClN3O6S2. The average molecular weight is 422 g/mol. The quantitative estimate of drug-likeness (QED) is 0.403. The number of rotatable bonds is 6. The van der Waals surface area contributed by atoms with Crippen molar-refractivity contribution in [1.29, 1.82) is 0 Å². The maximum absolute atomic E-state index is 12.6. The van der Waals surface area contributed by atoms with Crippen molar-refractivity contribution in [3.8, 4) is 0 Å². The van der Waals surface area contributed by atoms with Gasteiger partial charge in [0.25, 0.3) is 5.91 Å². The fourth-order valence-corrected chi connectivity index (χ4v) is 4.93. The molecule has 9 nitrogen and oxygen atoms in total. The topological polar surface area (TPSA) is 117 Å². The number of hydroxylamine groups is 1. The van der Waals surface area contributed by atoms with E-state index in [4.69, 9.17) is 21.2 Å². The fraction of sp³-hybridized carbons (Fsp3) is 0.500. The van der Waals surface area contributed by atoms with Gasteiger partial charge < -0.3 is 20.0 Å². The Bertz CT molecular complexity index is 700. The number of carbonyl (C=O) groups excluding carboxylic acids is 2. The largest absolute Gasteiger partial charge is 0.494 e. The molecule has 12 heteroatoms. The minimum absolute atomic E-state index is 0.105. The van der Waals surface area contributed by atoms with E-state index in [0.717, 1.165) is 10.7 Å². The van der Waals surface area contributed by atoms with Crippen molar-refractivity contribution in [2.75, 3.05) is 25.2 Å². The van der Waals surface area contributed by atoms with Gasteiger partial charge in [-0.25, -0.2) is 4.79 Å². The Morgan fingerprint density at radius 2 is 2.31 bits per heavy atom. The van der Waals surface area contributed by atoms with Crippen LogP contribution in [0.5, 0.6) is 0 Å². The predicted octanol–water partition coefficient (Wildman–Crippen LogP) is 0.0457. The molecule has 26 heavy (non-hydrogen) atoms. The summed E-state index contributed by atoms with van der Waals surface area (Å²) >= 11 is 8.73. The van der Waals surface area contributed by atoms with Crippen LogP contribution in [0, 0.1) is 0 Å². The molecule has 0 bridgehead atoms. The first kappa shape index (κ1) is 19.4. The van der Waals surface area contributed by atoms with Crippen molar-refractivity contribution < 1.29 is 29.1 Å². The van der Waals surface area contributed by atoms with E-state index in [0.29, 0.717) is 12.4 Å². The lowest BCUT2D eigenvalue weighted by atomic mass is 10.0. The molecule has 0 saturated carbocycles. The zero-order chi connectivity index (χ0) is 18.8. The van der Waals surface area contributed by atoms with Crippen molar-refractivity contribution in [1.82, 2.24) is 15.7 Å². The number of nitrogens with zero attached hydrogens (tertiary/aromatic N) is 1. The second kappa shape index (κ2) is 8.09. The first-order valence-corrected chi connectivity index (χ1v) is 10.0. The molecule has 1 fully saturated rings.